The Hall–Kier alpha value is -3.76. The van der Waals surface area contributed by atoms with Crippen molar-refractivity contribution in [3.05, 3.63) is 42.5 Å². The number of aromatic nitrogens is 2. The number of para-hydroxylation sites is 2. The SMILES string of the molecule is CCCn1ccnc1CNC(=O)N1CCN(c2ccccc2OCC)CC1.O=CO.O=CO. The quantitative estimate of drug-likeness (QED) is 0.531. The van der Waals surface area contributed by atoms with Gasteiger partial charge in [0.25, 0.3) is 12.9 Å². The number of carbonyl (C=O) groups is 3. The molecular formula is C22H33N5O6. The molecule has 33 heavy (non-hydrogen) atoms. The number of aryl methyl sites for hydroxylation is 1. The maximum atomic E-state index is 12.5. The van der Waals surface area contributed by atoms with Gasteiger partial charge in [-0.15, -0.1) is 0 Å². The lowest BCUT2D eigenvalue weighted by Crippen LogP contribution is -2.51. The molecule has 182 valence electrons. The number of benzene rings is 1. The topological polar surface area (TPSA) is 137 Å². The van der Waals surface area contributed by atoms with Crippen LogP contribution in [-0.2, 0) is 22.7 Å². The Morgan fingerprint density at radius 3 is 2.36 bits per heavy atom. The third-order valence-electron chi connectivity index (χ3n) is 4.74. The first-order valence-electron chi connectivity index (χ1n) is 10.7. The van der Waals surface area contributed by atoms with E-state index in [4.69, 9.17) is 24.5 Å². The van der Waals surface area contributed by atoms with Crippen molar-refractivity contribution in [2.24, 2.45) is 0 Å². The van der Waals surface area contributed by atoms with E-state index >= 15 is 0 Å². The summed E-state index contributed by atoms with van der Waals surface area (Å²) in [7, 11) is 0. The number of amides is 2. The second-order valence-electron chi connectivity index (χ2n) is 6.78. The van der Waals surface area contributed by atoms with Gasteiger partial charge >= 0.3 is 6.03 Å². The van der Waals surface area contributed by atoms with Crippen LogP contribution in [0.15, 0.2) is 36.7 Å². The minimum absolute atomic E-state index is 0.0289. The van der Waals surface area contributed by atoms with Gasteiger partial charge in [0.2, 0.25) is 0 Å². The van der Waals surface area contributed by atoms with E-state index in [0.29, 0.717) is 26.2 Å². The molecule has 0 aliphatic carbocycles. The molecule has 1 aromatic carbocycles. The molecule has 2 heterocycles. The number of anilines is 1. The number of hydrogen-bond acceptors (Lipinski definition) is 6. The average molecular weight is 464 g/mol. The van der Waals surface area contributed by atoms with Crippen molar-refractivity contribution < 1.29 is 29.3 Å². The minimum Gasteiger partial charge on any atom is -0.492 e. The van der Waals surface area contributed by atoms with E-state index in [1.54, 1.807) is 6.20 Å². The van der Waals surface area contributed by atoms with Crippen molar-refractivity contribution in [3.8, 4) is 5.75 Å². The summed E-state index contributed by atoms with van der Waals surface area (Å²) < 4.78 is 7.82. The third kappa shape index (κ3) is 9.09. The van der Waals surface area contributed by atoms with Crippen LogP contribution in [0.25, 0.3) is 0 Å². The standard InChI is InChI=1S/C20H29N5O2.2CH2O2/c1-3-10-24-11-9-21-19(24)16-22-20(26)25-14-12-23(13-15-25)17-7-5-6-8-18(17)27-4-2;2*2-1-3/h5-9,11H,3-4,10,12-16H2,1-2H3,(H,22,26);2*1H,(H,2,3). The molecular weight excluding hydrogens is 430 g/mol. The Labute approximate surface area is 193 Å². The molecule has 1 aliphatic heterocycles. The molecule has 1 saturated heterocycles. The monoisotopic (exact) mass is 463 g/mol. The summed E-state index contributed by atoms with van der Waals surface area (Å²) in [5.74, 6) is 1.80. The Morgan fingerprint density at radius 2 is 1.76 bits per heavy atom. The van der Waals surface area contributed by atoms with Gasteiger partial charge in [-0.05, 0) is 25.5 Å². The van der Waals surface area contributed by atoms with Gasteiger partial charge in [0, 0.05) is 45.1 Å². The predicted molar refractivity (Wildman–Crippen MR) is 124 cm³/mol. The van der Waals surface area contributed by atoms with Crippen molar-refractivity contribution in [2.75, 3.05) is 37.7 Å². The molecule has 2 aromatic rings. The lowest BCUT2D eigenvalue weighted by Gasteiger charge is -2.36. The number of piperazine rings is 1. The highest BCUT2D eigenvalue weighted by Crippen LogP contribution is 2.28. The highest BCUT2D eigenvalue weighted by molar-refractivity contribution is 5.74. The smallest absolute Gasteiger partial charge is 0.317 e. The van der Waals surface area contributed by atoms with Crippen LogP contribution in [0.3, 0.4) is 0 Å². The molecule has 0 radical (unpaired) electrons. The molecule has 0 bridgehead atoms. The van der Waals surface area contributed by atoms with E-state index < -0.39 is 0 Å². The van der Waals surface area contributed by atoms with Gasteiger partial charge in [0.05, 0.1) is 18.8 Å². The first-order valence-corrected chi connectivity index (χ1v) is 10.7. The Balaban J connectivity index is 0.000000819. The maximum absolute atomic E-state index is 12.5. The molecule has 0 atom stereocenters. The number of rotatable bonds is 7. The van der Waals surface area contributed by atoms with Crippen molar-refractivity contribution >= 4 is 24.7 Å². The van der Waals surface area contributed by atoms with E-state index in [0.717, 1.165) is 43.3 Å². The van der Waals surface area contributed by atoms with Crippen LogP contribution in [0.1, 0.15) is 26.1 Å². The van der Waals surface area contributed by atoms with Gasteiger partial charge in [-0.25, -0.2) is 9.78 Å². The molecule has 1 aliphatic rings. The number of hydrogen-bond donors (Lipinski definition) is 3. The minimum atomic E-state index is -0.250. The summed E-state index contributed by atoms with van der Waals surface area (Å²) in [6.45, 7) is 8.61. The van der Waals surface area contributed by atoms with E-state index in [1.165, 1.54) is 0 Å². The Morgan fingerprint density at radius 1 is 1.12 bits per heavy atom. The summed E-state index contributed by atoms with van der Waals surface area (Å²) in [6, 6.07) is 8.06. The van der Waals surface area contributed by atoms with Crippen LogP contribution >= 0.6 is 0 Å². The molecule has 3 rings (SSSR count). The van der Waals surface area contributed by atoms with Gasteiger partial charge in [-0.2, -0.15) is 0 Å². The van der Waals surface area contributed by atoms with Crippen molar-refractivity contribution in [3.63, 3.8) is 0 Å². The Kier molecular flexibility index (Phi) is 13.2. The van der Waals surface area contributed by atoms with Crippen LogP contribution in [0, 0.1) is 0 Å². The number of ether oxygens (including phenoxy) is 1. The largest absolute Gasteiger partial charge is 0.492 e. The number of nitrogens with zero attached hydrogens (tertiary/aromatic N) is 4. The summed E-state index contributed by atoms with van der Waals surface area (Å²) in [6.07, 6.45) is 4.79. The number of urea groups is 1. The molecule has 11 heteroatoms. The molecule has 0 unspecified atom stereocenters. The van der Waals surface area contributed by atoms with E-state index in [9.17, 15) is 4.79 Å². The number of nitrogens with one attached hydrogen (secondary N) is 1. The molecule has 0 saturated carbocycles. The number of carbonyl (C=O) groups excluding carboxylic acids is 1. The normalized spacial score (nSPS) is 12.4. The van der Waals surface area contributed by atoms with Crippen LogP contribution < -0.4 is 15.0 Å². The summed E-state index contributed by atoms with van der Waals surface area (Å²) >= 11 is 0. The Bertz CT molecular complexity index is 830. The first-order chi connectivity index (χ1) is 16.1. The van der Waals surface area contributed by atoms with E-state index in [-0.39, 0.29) is 19.0 Å². The fourth-order valence-corrected chi connectivity index (χ4v) is 3.36. The molecule has 2 amide bonds. The zero-order chi connectivity index (χ0) is 24.5. The third-order valence-corrected chi connectivity index (χ3v) is 4.74. The molecule has 1 fully saturated rings. The second-order valence-corrected chi connectivity index (χ2v) is 6.78. The summed E-state index contributed by atoms with van der Waals surface area (Å²) in [4.78, 5) is 37.7. The van der Waals surface area contributed by atoms with E-state index in [1.807, 2.05) is 36.2 Å². The predicted octanol–water partition coefficient (Wildman–Crippen LogP) is 2.13. The summed E-state index contributed by atoms with van der Waals surface area (Å²) in [5.41, 5.74) is 1.10. The van der Waals surface area contributed by atoms with Crippen molar-refractivity contribution in [1.29, 1.82) is 0 Å². The van der Waals surface area contributed by atoms with Gasteiger partial charge < -0.3 is 34.6 Å². The maximum Gasteiger partial charge on any atom is 0.317 e. The lowest BCUT2D eigenvalue weighted by atomic mass is 10.2. The zero-order valence-corrected chi connectivity index (χ0v) is 19.1. The molecule has 11 nitrogen and oxygen atoms in total. The number of carboxylic acid groups (broad SMARTS) is 2. The molecule has 3 N–H and O–H groups in total. The van der Waals surface area contributed by atoms with Crippen molar-refractivity contribution in [2.45, 2.75) is 33.4 Å². The molecule has 0 spiro atoms. The first kappa shape index (κ1) is 27.3. The fraction of sp³-hybridized carbons (Fsp3) is 0.455. The van der Waals surface area contributed by atoms with Crippen molar-refractivity contribution in [1.82, 2.24) is 19.8 Å². The van der Waals surface area contributed by atoms with Crippen LogP contribution in [0.4, 0.5) is 10.5 Å². The molecule has 1 aromatic heterocycles. The summed E-state index contributed by atoms with van der Waals surface area (Å²) in [5, 5.41) is 16.8. The highest BCUT2D eigenvalue weighted by atomic mass is 16.5. The van der Waals surface area contributed by atoms with E-state index in [2.05, 4.69) is 32.8 Å². The van der Waals surface area contributed by atoms with Gasteiger partial charge in [0.15, 0.2) is 0 Å². The van der Waals surface area contributed by atoms with Gasteiger partial charge in [-0.1, -0.05) is 19.1 Å². The highest BCUT2D eigenvalue weighted by Gasteiger charge is 2.23. The van der Waals surface area contributed by atoms with Crippen LogP contribution in [-0.4, -0.2) is 76.4 Å². The average Bonchev–Trinajstić information content (AvgIpc) is 3.27. The van der Waals surface area contributed by atoms with Gasteiger partial charge in [-0.3, -0.25) is 9.59 Å². The van der Waals surface area contributed by atoms with Gasteiger partial charge in [0.1, 0.15) is 11.6 Å². The second kappa shape index (κ2) is 16.0. The lowest BCUT2D eigenvalue weighted by molar-refractivity contribution is -0.123. The number of imidazole rings is 1. The van der Waals surface area contributed by atoms with Crippen LogP contribution in [0.5, 0.6) is 5.75 Å². The van der Waals surface area contributed by atoms with Crippen LogP contribution in [0.2, 0.25) is 0 Å². The zero-order valence-electron chi connectivity index (χ0n) is 19.1. The fourth-order valence-electron chi connectivity index (χ4n) is 3.36.